The number of benzene rings is 1. The second-order valence-electron chi connectivity index (χ2n) is 5.30. The maximum atomic E-state index is 12.4. The van der Waals surface area contributed by atoms with Crippen LogP contribution < -0.4 is 10.0 Å². The van der Waals surface area contributed by atoms with E-state index < -0.39 is 10.0 Å². The van der Waals surface area contributed by atoms with Crippen molar-refractivity contribution >= 4 is 10.0 Å². The Morgan fingerprint density at radius 3 is 2.05 bits per heavy atom. The van der Waals surface area contributed by atoms with Crippen LogP contribution in [0.25, 0.3) is 0 Å². The van der Waals surface area contributed by atoms with Crippen molar-refractivity contribution in [1.29, 1.82) is 0 Å². The second kappa shape index (κ2) is 7.20. The molecule has 0 amide bonds. The predicted octanol–water partition coefficient (Wildman–Crippen LogP) is 2.65. The standard InChI is InChI=1S/C15H26N2O2S/c1-5-15(4,6-2)17-20(18,19)14-10-8-13(9-11-14)12-16-7-3/h8-11,16-17H,5-7,12H2,1-4H3. The van der Waals surface area contributed by atoms with Crippen molar-refractivity contribution < 1.29 is 8.42 Å². The van der Waals surface area contributed by atoms with Crippen LogP contribution in [0.1, 0.15) is 46.1 Å². The molecule has 20 heavy (non-hydrogen) atoms. The van der Waals surface area contributed by atoms with E-state index in [1.165, 1.54) is 0 Å². The molecule has 0 saturated carbocycles. The van der Waals surface area contributed by atoms with Crippen molar-refractivity contribution in [2.75, 3.05) is 6.54 Å². The third-order valence-corrected chi connectivity index (χ3v) is 5.41. The van der Waals surface area contributed by atoms with Gasteiger partial charge in [-0.3, -0.25) is 0 Å². The molecule has 0 aromatic heterocycles. The summed E-state index contributed by atoms with van der Waals surface area (Å²) >= 11 is 0. The molecule has 0 fully saturated rings. The Morgan fingerprint density at radius 2 is 1.60 bits per heavy atom. The third kappa shape index (κ3) is 4.58. The molecule has 0 aliphatic carbocycles. The molecule has 1 aromatic carbocycles. The van der Waals surface area contributed by atoms with Crippen molar-refractivity contribution in [3.8, 4) is 0 Å². The van der Waals surface area contributed by atoms with Gasteiger partial charge in [0.1, 0.15) is 0 Å². The Hall–Kier alpha value is -0.910. The lowest BCUT2D eigenvalue weighted by molar-refractivity contribution is 0.388. The Kier molecular flexibility index (Phi) is 6.17. The molecule has 1 aromatic rings. The molecule has 2 N–H and O–H groups in total. The molecule has 0 atom stereocenters. The Balaban J connectivity index is 2.88. The van der Waals surface area contributed by atoms with Crippen LogP contribution in [0.4, 0.5) is 0 Å². The minimum atomic E-state index is -3.45. The summed E-state index contributed by atoms with van der Waals surface area (Å²) in [5.41, 5.74) is 0.695. The molecule has 0 bridgehead atoms. The smallest absolute Gasteiger partial charge is 0.241 e. The lowest BCUT2D eigenvalue weighted by Gasteiger charge is -2.27. The van der Waals surface area contributed by atoms with Crippen molar-refractivity contribution in [3.05, 3.63) is 29.8 Å². The predicted molar refractivity (Wildman–Crippen MR) is 83.1 cm³/mol. The lowest BCUT2D eigenvalue weighted by Crippen LogP contribution is -2.44. The molecule has 114 valence electrons. The van der Waals surface area contributed by atoms with Crippen LogP contribution in [-0.2, 0) is 16.6 Å². The van der Waals surface area contributed by atoms with E-state index in [1.54, 1.807) is 12.1 Å². The lowest BCUT2D eigenvalue weighted by atomic mass is 9.98. The summed E-state index contributed by atoms with van der Waals surface area (Å²) in [6.07, 6.45) is 1.53. The number of hydrogen-bond acceptors (Lipinski definition) is 3. The largest absolute Gasteiger partial charge is 0.313 e. The average molecular weight is 298 g/mol. The number of nitrogens with one attached hydrogen (secondary N) is 2. The number of sulfonamides is 1. The summed E-state index contributed by atoms with van der Waals surface area (Å²) in [6.45, 7) is 9.61. The maximum absolute atomic E-state index is 12.4. The first-order valence-corrected chi connectivity index (χ1v) is 8.69. The van der Waals surface area contributed by atoms with E-state index in [9.17, 15) is 8.42 Å². The molecule has 0 spiro atoms. The van der Waals surface area contributed by atoms with E-state index in [-0.39, 0.29) is 5.54 Å². The molecule has 1 rings (SSSR count). The van der Waals surface area contributed by atoms with Gasteiger partial charge in [-0.15, -0.1) is 0 Å². The topological polar surface area (TPSA) is 58.2 Å². The summed E-state index contributed by atoms with van der Waals surface area (Å²) < 4.78 is 27.5. The minimum Gasteiger partial charge on any atom is -0.313 e. The summed E-state index contributed by atoms with van der Waals surface area (Å²) in [5, 5.41) is 3.21. The van der Waals surface area contributed by atoms with Gasteiger partial charge in [0.15, 0.2) is 0 Å². The molecular weight excluding hydrogens is 272 g/mol. The van der Waals surface area contributed by atoms with Gasteiger partial charge < -0.3 is 5.32 Å². The van der Waals surface area contributed by atoms with E-state index >= 15 is 0 Å². The Morgan fingerprint density at radius 1 is 1.05 bits per heavy atom. The molecule has 5 heteroatoms. The zero-order valence-electron chi connectivity index (χ0n) is 12.9. The van der Waals surface area contributed by atoms with Gasteiger partial charge in [-0.1, -0.05) is 32.9 Å². The zero-order valence-corrected chi connectivity index (χ0v) is 13.7. The monoisotopic (exact) mass is 298 g/mol. The molecule has 0 aliphatic rings. The normalized spacial score (nSPS) is 12.6. The van der Waals surface area contributed by atoms with Gasteiger partial charge in [0, 0.05) is 12.1 Å². The quantitative estimate of drug-likeness (QED) is 0.775. The fourth-order valence-corrected chi connectivity index (χ4v) is 3.38. The van der Waals surface area contributed by atoms with Gasteiger partial charge in [-0.05, 0) is 44.0 Å². The third-order valence-electron chi connectivity index (χ3n) is 3.75. The minimum absolute atomic E-state index is 0.325. The molecule has 0 aliphatic heterocycles. The summed E-state index contributed by atoms with van der Waals surface area (Å²) in [7, 11) is -3.45. The van der Waals surface area contributed by atoms with E-state index in [0.29, 0.717) is 4.90 Å². The number of hydrogen-bond donors (Lipinski definition) is 2. The van der Waals surface area contributed by atoms with Gasteiger partial charge in [0.2, 0.25) is 10.0 Å². The van der Waals surface area contributed by atoms with Crippen molar-refractivity contribution in [3.63, 3.8) is 0 Å². The van der Waals surface area contributed by atoms with Crippen LogP contribution >= 0.6 is 0 Å². The molecule has 0 heterocycles. The Bertz CT molecular complexity index is 505. The summed E-state index contributed by atoms with van der Waals surface area (Å²) in [6, 6.07) is 7.04. The fourth-order valence-electron chi connectivity index (χ4n) is 1.83. The molecule has 0 saturated heterocycles. The van der Waals surface area contributed by atoms with Gasteiger partial charge in [0.05, 0.1) is 4.90 Å². The van der Waals surface area contributed by atoms with Crippen molar-refractivity contribution in [2.24, 2.45) is 0 Å². The fraction of sp³-hybridized carbons (Fsp3) is 0.600. The molecule has 0 unspecified atom stereocenters. The highest BCUT2D eigenvalue weighted by molar-refractivity contribution is 7.89. The van der Waals surface area contributed by atoms with Crippen LogP contribution in [0.2, 0.25) is 0 Å². The first-order valence-electron chi connectivity index (χ1n) is 7.20. The van der Waals surface area contributed by atoms with E-state index in [4.69, 9.17) is 0 Å². The van der Waals surface area contributed by atoms with Gasteiger partial charge >= 0.3 is 0 Å². The molecular formula is C15H26N2O2S. The van der Waals surface area contributed by atoms with Crippen LogP contribution in [0.5, 0.6) is 0 Å². The summed E-state index contributed by atoms with van der Waals surface area (Å²) in [5.74, 6) is 0. The highest BCUT2D eigenvalue weighted by Gasteiger charge is 2.27. The first kappa shape index (κ1) is 17.1. The van der Waals surface area contributed by atoms with Crippen LogP contribution in [-0.4, -0.2) is 20.5 Å². The average Bonchev–Trinajstić information content (AvgIpc) is 2.45. The van der Waals surface area contributed by atoms with Gasteiger partial charge in [-0.25, -0.2) is 13.1 Å². The molecule has 4 nitrogen and oxygen atoms in total. The van der Waals surface area contributed by atoms with Crippen LogP contribution in [0, 0.1) is 0 Å². The summed E-state index contributed by atoms with van der Waals surface area (Å²) in [4.78, 5) is 0.325. The first-order chi connectivity index (χ1) is 9.37. The zero-order chi connectivity index (χ0) is 15.2. The van der Waals surface area contributed by atoms with Crippen LogP contribution in [0.15, 0.2) is 29.2 Å². The van der Waals surface area contributed by atoms with E-state index in [2.05, 4.69) is 10.0 Å². The maximum Gasteiger partial charge on any atom is 0.241 e. The highest BCUT2D eigenvalue weighted by atomic mass is 32.2. The number of rotatable bonds is 8. The molecule has 0 radical (unpaired) electrons. The van der Waals surface area contributed by atoms with Crippen LogP contribution in [0.3, 0.4) is 0 Å². The highest BCUT2D eigenvalue weighted by Crippen LogP contribution is 2.19. The van der Waals surface area contributed by atoms with Crippen molar-refractivity contribution in [1.82, 2.24) is 10.0 Å². The Labute approximate surface area is 123 Å². The second-order valence-corrected chi connectivity index (χ2v) is 6.98. The van der Waals surface area contributed by atoms with Gasteiger partial charge in [0.25, 0.3) is 0 Å². The van der Waals surface area contributed by atoms with E-state index in [1.807, 2.05) is 39.8 Å². The SMILES string of the molecule is CCNCc1ccc(S(=O)(=O)NC(C)(CC)CC)cc1. The van der Waals surface area contributed by atoms with E-state index in [0.717, 1.165) is 31.5 Å². The van der Waals surface area contributed by atoms with Crippen molar-refractivity contribution in [2.45, 2.75) is 57.5 Å². The van der Waals surface area contributed by atoms with Gasteiger partial charge in [-0.2, -0.15) is 0 Å².